The van der Waals surface area contributed by atoms with E-state index in [0.29, 0.717) is 5.56 Å². The fourth-order valence-electron chi connectivity index (χ4n) is 16.1. The molecule has 3 aromatic heterocycles. The molecule has 5 nitrogen and oxygen atoms in total. The highest BCUT2D eigenvalue weighted by molar-refractivity contribution is 7.00. The van der Waals surface area contributed by atoms with Crippen LogP contribution in [0.2, 0.25) is 0 Å². The van der Waals surface area contributed by atoms with Crippen LogP contribution in [0.5, 0.6) is 0 Å². The molecule has 0 N–H and O–H groups in total. The number of furan rings is 2. The van der Waals surface area contributed by atoms with Crippen LogP contribution in [-0.2, 0) is 21.7 Å². The first-order chi connectivity index (χ1) is 67.2. The van der Waals surface area contributed by atoms with Gasteiger partial charge in [0.05, 0.1) is 74.4 Å². The molecule has 0 radical (unpaired) electrons. The van der Waals surface area contributed by atoms with Gasteiger partial charge in [-0.25, -0.2) is 0 Å². The van der Waals surface area contributed by atoms with Crippen LogP contribution >= 0.6 is 0 Å². The number of aromatic nitrogens is 1. The third kappa shape index (κ3) is 10.2. The molecule has 2 aliphatic heterocycles. The van der Waals surface area contributed by atoms with Crippen LogP contribution in [0, 0.1) is 0 Å². The third-order valence-electron chi connectivity index (χ3n) is 20.9. The number of benzene rings is 15. The molecule has 0 atom stereocenters. The number of fused-ring (bicyclic) bond motifs is 13. The third-order valence-corrected chi connectivity index (χ3v) is 20.9. The fraction of sp³-hybridized carbons (Fsp3) is 0.126. The zero-order valence-corrected chi connectivity index (χ0v) is 60.4. The van der Waals surface area contributed by atoms with Gasteiger partial charge >= 0.3 is 0 Å². The summed E-state index contributed by atoms with van der Waals surface area (Å²) in [5.41, 5.74) is -15.6. The Morgan fingerprint density at radius 2 is 0.752 bits per heavy atom. The van der Waals surface area contributed by atoms with E-state index in [9.17, 15) is 45.2 Å². The van der Waals surface area contributed by atoms with Crippen molar-refractivity contribution < 1.29 is 55.4 Å². The maximum Gasteiger partial charge on any atom is 0.252 e. The van der Waals surface area contributed by atoms with Crippen molar-refractivity contribution in [2.45, 2.75) is 84.0 Å². The Kier molecular flexibility index (Phi) is 8.91. The molecule has 0 bridgehead atoms. The Morgan fingerprint density at radius 1 is 0.330 bits per heavy atom. The highest BCUT2D eigenvalue weighted by Gasteiger charge is 2.48. The van der Waals surface area contributed by atoms with E-state index in [1.165, 1.54) is 11.0 Å². The molecule has 6 heteroatoms. The van der Waals surface area contributed by atoms with Gasteiger partial charge in [-0.2, -0.15) is 0 Å². The predicted octanol–water partition coefficient (Wildman–Crippen LogP) is 25.9. The van der Waals surface area contributed by atoms with Crippen molar-refractivity contribution in [2.24, 2.45) is 0 Å². The van der Waals surface area contributed by atoms with Crippen molar-refractivity contribution in [3.63, 3.8) is 0 Å². The van der Waals surface area contributed by atoms with Crippen LogP contribution in [0.4, 0.5) is 34.1 Å². The second kappa shape index (κ2) is 24.7. The first kappa shape index (κ1) is 39.3. The minimum atomic E-state index is -2.13. The normalized spacial score (nSPS) is 17.5. The first-order valence-corrected chi connectivity index (χ1v) is 35.7. The number of nitrogens with zero attached hydrogens (tertiary/aromatic N) is 3. The van der Waals surface area contributed by atoms with Gasteiger partial charge in [-0.3, -0.25) is 0 Å². The second-order valence-corrected chi connectivity index (χ2v) is 30.5. The van der Waals surface area contributed by atoms with Gasteiger partial charge in [-0.1, -0.05) is 323 Å². The Morgan fingerprint density at radius 3 is 1.22 bits per heavy atom. The van der Waals surface area contributed by atoms with Gasteiger partial charge in [0.15, 0.2) is 11.2 Å². The molecule has 109 heavy (non-hydrogen) atoms. The number of hydrogen-bond donors (Lipinski definition) is 0. The SMILES string of the molecule is [2H]c1c([2H])c([2H])c(-c2c([2H])c(C(C)(C)C)c3c(oc4c([2H])c([2H])c([2H])c([2H])c43)c2N2c3cc(C(C)(C)C)cc4c3B(c3c([2H])c([2H])c(-c5cccc(C(c6ccccc6)(c6ccccc6)c6ccccc6)c5)c([2H])c32)c2c([2H])c([2H])c(-n3c5c([2H])c([2H])c([2H])c([2H])c5c5c([2H])c([2H])c([2H])c([2H])c53)c([2H])c2N4c2c(-c3c([2H])c([2H])c([2H])c([2H])c3[2H])c([2H])c(C(C)(C)C)c3c2oc2c([2H])c([2H])c([2H])c([2H])c23)c([2H])c1[2H]. The zero-order valence-electron chi connectivity index (χ0n) is 94.4. The van der Waals surface area contributed by atoms with E-state index in [0.717, 1.165) is 26.2 Å². The average Bonchev–Trinajstić information content (AvgIpc) is 1.66. The summed E-state index contributed by atoms with van der Waals surface area (Å²) in [6, 6.07) is 8.03. The maximum atomic E-state index is 12.0. The molecular formula is C103H82BN3O2. The molecule has 0 saturated heterocycles. The molecule has 0 aliphatic carbocycles. The van der Waals surface area contributed by atoms with E-state index < -0.39 is 351 Å². The van der Waals surface area contributed by atoms with Crippen molar-refractivity contribution in [3.05, 3.63) is 372 Å². The quantitative estimate of drug-likeness (QED) is 0.101. The van der Waals surface area contributed by atoms with E-state index in [4.69, 9.17) is 10.2 Å². The predicted molar refractivity (Wildman–Crippen MR) is 460 cm³/mol. The van der Waals surface area contributed by atoms with Crippen molar-refractivity contribution in [3.8, 4) is 39.1 Å². The van der Waals surface area contributed by atoms with Crippen LogP contribution in [0.25, 0.3) is 105 Å². The van der Waals surface area contributed by atoms with Crippen LogP contribution in [0.3, 0.4) is 0 Å². The largest absolute Gasteiger partial charge is 0.454 e. The Balaban J connectivity index is 1.10. The second-order valence-electron chi connectivity index (χ2n) is 30.5. The van der Waals surface area contributed by atoms with Gasteiger partial charge in [-0.15, -0.1) is 0 Å². The molecular weight excluding hydrogens is 1320 g/mol. The summed E-state index contributed by atoms with van der Waals surface area (Å²) in [4.78, 5) is 2.43. The molecule has 0 fully saturated rings. The Labute approximate surface area is 685 Å². The number of para-hydroxylation sites is 4. The molecule has 18 aromatic rings. The van der Waals surface area contributed by atoms with Crippen LogP contribution in [-0.4, -0.2) is 11.3 Å². The van der Waals surface area contributed by atoms with Crippen molar-refractivity contribution >= 4 is 123 Å². The van der Waals surface area contributed by atoms with Crippen molar-refractivity contribution in [1.29, 1.82) is 0 Å². The summed E-state index contributed by atoms with van der Waals surface area (Å²) in [5.74, 6) is 0. The monoisotopic (exact) mass is 1440 g/mol. The number of anilines is 6. The fourth-order valence-corrected chi connectivity index (χ4v) is 16.1. The summed E-state index contributed by atoms with van der Waals surface area (Å²) in [5, 5.41) is -2.44. The number of hydrogen-bond acceptors (Lipinski definition) is 4. The summed E-state index contributed by atoms with van der Waals surface area (Å²) < 4.78 is 359. The Bertz CT molecular complexity index is 8610. The van der Waals surface area contributed by atoms with E-state index in [1.807, 2.05) is 97.1 Å². The average molecular weight is 1440 g/mol. The lowest BCUT2D eigenvalue weighted by Gasteiger charge is -2.46. The maximum absolute atomic E-state index is 12.0. The summed E-state index contributed by atoms with van der Waals surface area (Å²) in [7, 11) is 0. The van der Waals surface area contributed by atoms with E-state index >= 15 is 0 Å². The highest BCUT2D eigenvalue weighted by Crippen LogP contribution is 2.58. The summed E-state index contributed by atoms with van der Waals surface area (Å²) in [6.07, 6.45) is 0. The number of rotatable bonds is 10. The van der Waals surface area contributed by atoms with E-state index in [-0.39, 0.29) is 55.1 Å². The molecule has 0 spiro atoms. The zero-order chi connectivity index (χ0) is 103. The Hall–Kier alpha value is -12.6. The summed E-state index contributed by atoms with van der Waals surface area (Å²) in [6.45, 7) is 12.9. The van der Waals surface area contributed by atoms with Gasteiger partial charge < -0.3 is 23.2 Å². The van der Waals surface area contributed by atoms with Crippen molar-refractivity contribution in [2.75, 3.05) is 9.80 Å². The van der Waals surface area contributed by atoms with E-state index in [1.54, 1.807) is 86.6 Å². The standard InChI is InChI=1S/C103H82BN3O2/c1-100(2,3)73-60-89-95-90(61-73)107(97-80(66-36-17-11-18-37-66)64-82(102(7,8)9)94-78-49-28-32-53-92(78)109-99(94)97)88-62-74(105-85-50-29-25-46-75(85)76-47-26-30-51-86(76)105)55-57-84(88)104(95)83-56-54-68(67-38-33-45-72(58-67)103(69-39-19-12-20-40-69,70-41-21-13-22-42-70)71-43-23-14-24-44-71)59-87(83)106(89)96-79(65-34-15-10-16-35-65)63-81(101(4,5)6)93-77-48-27-31-52-91(77)108-98(93)96/h10-64H,1-9H3/i10D,11D,15D,16D,17D,18D,25D,26D,27D,28D,29D,30D,31D,32D,34D,35D,36D,37D,46D,47D,48D,49D,50D,51D,52D,53D,54D,55D,56D,57D,59D,62D,63D,64D. The lowest BCUT2D eigenvalue weighted by atomic mass is 9.33. The van der Waals surface area contributed by atoms with Gasteiger partial charge in [0.2, 0.25) is 0 Å². The minimum Gasteiger partial charge on any atom is -0.454 e. The van der Waals surface area contributed by atoms with Gasteiger partial charge in [0.25, 0.3) is 6.71 Å². The van der Waals surface area contributed by atoms with Gasteiger partial charge in [0, 0.05) is 71.9 Å². The van der Waals surface area contributed by atoms with E-state index in [2.05, 4.69) is 0 Å². The first-order valence-electron chi connectivity index (χ1n) is 52.7. The molecule has 2 aliphatic rings. The molecule has 15 aromatic carbocycles. The minimum absolute atomic E-state index is 0.0650. The topological polar surface area (TPSA) is 37.7 Å². The van der Waals surface area contributed by atoms with Crippen molar-refractivity contribution in [1.82, 2.24) is 4.57 Å². The lowest BCUT2D eigenvalue weighted by Crippen LogP contribution is -2.61. The summed E-state index contributed by atoms with van der Waals surface area (Å²) >= 11 is 0. The lowest BCUT2D eigenvalue weighted by molar-refractivity contribution is 0.590. The molecule has 524 valence electrons. The molecule has 20 rings (SSSR count). The van der Waals surface area contributed by atoms with Gasteiger partial charge in [0.1, 0.15) is 11.2 Å². The molecule has 0 unspecified atom stereocenters. The highest BCUT2D eigenvalue weighted by atomic mass is 16.3. The van der Waals surface area contributed by atoms with Crippen LogP contribution < -0.4 is 26.2 Å². The van der Waals surface area contributed by atoms with Gasteiger partial charge in [-0.05, 0) is 166 Å². The molecule has 0 saturated carbocycles. The molecule has 5 heterocycles. The molecule has 0 amide bonds. The smallest absolute Gasteiger partial charge is 0.252 e. The van der Waals surface area contributed by atoms with Crippen LogP contribution in [0.1, 0.15) is 148 Å². The van der Waals surface area contributed by atoms with Crippen LogP contribution in [0.15, 0.2) is 342 Å².